The van der Waals surface area contributed by atoms with Crippen LogP contribution in [-0.4, -0.2) is 32.6 Å². The number of rotatable bonds is 8. The molecule has 0 aromatic heterocycles. The predicted molar refractivity (Wildman–Crippen MR) is 89.9 cm³/mol. The van der Waals surface area contributed by atoms with Crippen LogP contribution >= 0.6 is 0 Å². The maximum absolute atomic E-state index is 11.0. The molecule has 5 heteroatoms. The van der Waals surface area contributed by atoms with Gasteiger partial charge in [-0.2, -0.15) is 0 Å². The number of unbranched alkanes of at least 4 members (excludes halogenated alkanes) is 2. The molecule has 0 fully saturated rings. The van der Waals surface area contributed by atoms with Crippen molar-refractivity contribution in [2.45, 2.75) is 39.2 Å². The first-order chi connectivity index (χ1) is 10.7. The molecular formula is C17H27N3O2. The van der Waals surface area contributed by atoms with Crippen LogP contribution < -0.4 is 10.6 Å². The van der Waals surface area contributed by atoms with Crippen LogP contribution in [0.2, 0.25) is 0 Å². The third-order valence-corrected chi connectivity index (χ3v) is 3.38. The summed E-state index contributed by atoms with van der Waals surface area (Å²) < 4.78 is 4.61. The number of hydrogen-bond donors (Lipinski definition) is 2. The predicted octanol–water partition coefficient (Wildman–Crippen LogP) is 2.39. The molecule has 0 aliphatic carbocycles. The highest BCUT2D eigenvalue weighted by molar-refractivity contribution is 5.79. The average Bonchev–Trinajstić information content (AvgIpc) is 2.54. The summed E-state index contributed by atoms with van der Waals surface area (Å²) in [4.78, 5) is 15.2. The Labute approximate surface area is 133 Å². The van der Waals surface area contributed by atoms with Crippen LogP contribution in [0.15, 0.2) is 29.3 Å². The van der Waals surface area contributed by atoms with E-state index in [4.69, 9.17) is 0 Å². The van der Waals surface area contributed by atoms with Crippen LogP contribution in [0.25, 0.3) is 0 Å². The van der Waals surface area contributed by atoms with E-state index >= 15 is 0 Å². The van der Waals surface area contributed by atoms with Crippen molar-refractivity contribution in [3.05, 3.63) is 35.4 Å². The zero-order chi connectivity index (χ0) is 16.2. The fourth-order valence-electron chi connectivity index (χ4n) is 1.99. The van der Waals surface area contributed by atoms with Gasteiger partial charge in [0.15, 0.2) is 5.96 Å². The summed E-state index contributed by atoms with van der Waals surface area (Å²) in [5, 5.41) is 6.56. The molecule has 0 aliphatic heterocycles. The second-order valence-electron chi connectivity index (χ2n) is 5.22. The normalized spacial score (nSPS) is 11.1. The molecule has 0 saturated carbocycles. The number of ether oxygens (including phenoxy) is 1. The zero-order valence-electron chi connectivity index (χ0n) is 13.8. The number of methoxy groups -OCH3 is 1. The van der Waals surface area contributed by atoms with E-state index in [0.717, 1.165) is 38.3 Å². The molecule has 0 spiro atoms. The molecular weight excluding hydrogens is 278 g/mol. The van der Waals surface area contributed by atoms with Crippen LogP contribution in [0, 0.1) is 6.92 Å². The standard InChI is InChI=1S/C17H27N3O2/c1-14-8-10-15(11-9-14)13-20-17(18-2)19-12-6-4-5-7-16(21)22-3/h8-11H,4-7,12-13H2,1-3H3,(H2,18,19,20). The van der Waals surface area contributed by atoms with Gasteiger partial charge in [0.2, 0.25) is 0 Å². The smallest absolute Gasteiger partial charge is 0.305 e. The Morgan fingerprint density at radius 2 is 1.86 bits per heavy atom. The van der Waals surface area contributed by atoms with E-state index in [0.29, 0.717) is 6.42 Å². The number of hydrogen-bond acceptors (Lipinski definition) is 3. The van der Waals surface area contributed by atoms with Gasteiger partial charge in [0.05, 0.1) is 7.11 Å². The minimum absolute atomic E-state index is 0.136. The van der Waals surface area contributed by atoms with Gasteiger partial charge in [0, 0.05) is 26.6 Å². The summed E-state index contributed by atoms with van der Waals surface area (Å²) in [6, 6.07) is 8.44. The molecule has 2 N–H and O–H groups in total. The molecule has 0 radical (unpaired) electrons. The van der Waals surface area contributed by atoms with Crippen LogP contribution in [0.5, 0.6) is 0 Å². The fraction of sp³-hybridized carbons (Fsp3) is 0.529. The van der Waals surface area contributed by atoms with Gasteiger partial charge in [-0.15, -0.1) is 0 Å². The second kappa shape index (κ2) is 10.7. The first kappa shape index (κ1) is 18.0. The van der Waals surface area contributed by atoms with Gasteiger partial charge in [-0.1, -0.05) is 36.2 Å². The van der Waals surface area contributed by atoms with Crippen molar-refractivity contribution in [3.8, 4) is 0 Å². The molecule has 0 bridgehead atoms. The van der Waals surface area contributed by atoms with Crippen molar-refractivity contribution in [1.82, 2.24) is 10.6 Å². The summed E-state index contributed by atoms with van der Waals surface area (Å²) in [6.07, 6.45) is 3.36. The van der Waals surface area contributed by atoms with Crippen molar-refractivity contribution < 1.29 is 9.53 Å². The Bertz CT molecular complexity index is 469. The third-order valence-electron chi connectivity index (χ3n) is 3.38. The average molecular weight is 305 g/mol. The number of guanidine groups is 1. The molecule has 122 valence electrons. The molecule has 1 aromatic carbocycles. The lowest BCUT2D eigenvalue weighted by Gasteiger charge is -2.12. The molecule has 0 saturated heterocycles. The van der Waals surface area contributed by atoms with Gasteiger partial charge in [-0.05, 0) is 25.3 Å². The lowest BCUT2D eigenvalue weighted by molar-refractivity contribution is -0.140. The molecule has 0 heterocycles. The van der Waals surface area contributed by atoms with Gasteiger partial charge in [-0.25, -0.2) is 0 Å². The lowest BCUT2D eigenvalue weighted by atomic mass is 10.1. The number of carbonyl (C=O) groups is 1. The Hall–Kier alpha value is -2.04. The fourth-order valence-corrected chi connectivity index (χ4v) is 1.99. The Balaban J connectivity index is 2.15. The molecule has 0 aliphatic rings. The van der Waals surface area contributed by atoms with Crippen LogP contribution in [0.4, 0.5) is 0 Å². The quantitative estimate of drug-likeness (QED) is 0.335. The molecule has 22 heavy (non-hydrogen) atoms. The van der Waals surface area contributed by atoms with Crippen LogP contribution in [-0.2, 0) is 16.1 Å². The SMILES string of the molecule is CN=C(NCCCCCC(=O)OC)NCc1ccc(C)cc1. The molecule has 0 unspecified atom stereocenters. The van der Waals surface area contributed by atoms with E-state index < -0.39 is 0 Å². The first-order valence-electron chi connectivity index (χ1n) is 7.72. The summed E-state index contributed by atoms with van der Waals surface area (Å²) in [6.45, 7) is 3.68. The number of aliphatic imine (C=N–C) groups is 1. The van der Waals surface area contributed by atoms with Crippen molar-refractivity contribution >= 4 is 11.9 Å². The molecule has 1 aromatic rings. The van der Waals surface area contributed by atoms with Gasteiger partial charge in [0.1, 0.15) is 0 Å². The van der Waals surface area contributed by atoms with Gasteiger partial charge in [-0.3, -0.25) is 9.79 Å². The van der Waals surface area contributed by atoms with E-state index in [-0.39, 0.29) is 5.97 Å². The summed E-state index contributed by atoms with van der Waals surface area (Å²) >= 11 is 0. The number of esters is 1. The van der Waals surface area contributed by atoms with Crippen LogP contribution in [0.1, 0.15) is 36.8 Å². The molecule has 0 atom stereocenters. The molecule has 1 rings (SSSR count). The highest BCUT2D eigenvalue weighted by atomic mass is 16.5. The van der Waals surface area contributed by atoms with Gasteiger partial charge in [0.25, 0.3) is 0 Å². The highest BCUT2D eigenvalue weighted by Crippen LogP contribution is 2.02. The van der Waals surface area contributed by atoms with E-state index in [1.54, 1.807) is 7.05 Å². The summed E-state index contributed by atoms with van der Waals surface area (Å²) in [5.74, 6) is 0.664. The van der Waals surface area contributed by atoms with Crippen molar-refractivity contribution in [1.29, 1.82) is 0 Å². The third kappa shape index (κ3) is 7.67. The van der Waals surface area contributed by atoms with Gasteiger partial charge >= 0.3 is 5.97 Å². The summed E-state index contributed by atoms with van der Waals surface area (Å²) in [5.41, 5.74) is 2.49. The highest BCUT2D eigenvalue weighted by Gasteiger charge is 2.00. The number of aryl methyl sites for hydroxylation is 1. The van der Waals surface area contributed by atoms with E-state index in [1.807, 2.05) is 0 Å². The Kier molecular flexibility index (Phi) is 8.72. The van der Waals surface area contributed by atoms with E-state index in [9.17, 15) is 4.79 Å². The van der Waals surface area contributed by atoms with E-state index in [2.05, 4.69) is 51.6 Å². The van der Waals surface area contributed by atoms with Crippen molar-refractivity contribution in [2.75, 3.05) is 20.7 Å². The topological polar surface area (TPSA) is 62.7 Å². The first-order valence-corrected chi connectivity index (χ1v) is 7.72. The molecule has 0 amide bonds. The largest absolute Gasteiger partial charge is 0.469 e. The van der Waals surface area contributed by atoms with Crippen molar-refractivity contribution in [2.24, 2.45) is 4.99 Å². The maximum atomic E-state index is 11.0. The number of nitrogens with one attached hydrogen (secondary N) is 2. The Morgan fingerprint density at radius 1 is 1.14 bits per heavy atom. The number of carbonyl (C=O) groups excluding carboxylic acids is 1. The van der Waals surface area contributed by atoms with Crippen molar-refractivity contribution in [3.63, 3.8) is 0 Å². The minimum atomic E-state index is -0.136. The lowest BCUT2D eigenvalue weighted by Crippen LogP contribution is -2.37. The molecule has 5 nitrogen and oxygen atoms in total. The minimum Gasteiger partial charge on any atom is -0.469 e. The summed E-state index contributed by atoms with van der Waals surface area (Å²) in [7, 11) is 3.19. The zero-order valence-corrected chi connectivity index (χ0v) is 13.8. The second-order valence-corrected chi connectivity index (χ2v) is 5.22. The monoisotopic (exact) mass is 305 g/mol. The van der Waals surface area contributed by atoms with E-state index in [1.165, 1.54) is 18.2 Å². The maximum Gasteiger partial charge on any atom is 0.305 e. The number of benzene rings is 1. The number of nitrogens with zero attached hydrogens (tertiary/aromatic N) is 1. The van der Waals surface area contributed by atoms with Crippen LogP contribution in [0.3, 0.4) is 0 Å². The van der Waals surface area contributed by atoms with Gasteiger partial charge < -0.3 is 15.4 Å². The Morgan fingerprint density at radius 3 is 2.50 bits per heavy atom.